The molecule has 0 radical (unpaired) electrons. The van der Waals surface area contributed by atoms with Crippen LogP contribution in [0.2, 0.25) is 0 Å². The van der Waals surface area contributed by atoms with Crippen molar-refractivity contribution in [3.63, 3.8) is 0 Å². The molecule has 92 valence electrons. The fourth-order valence-electron chi connectivity index (χ4n) is 2.03. The van der Waals surface area contributed by atoms with Crippen LogP contribution in [0.4, 0.5) is 5.82 Å². The van der Waals surface area contributed by atoms with Gasteiger partial charge in [0.25, 0.3) is 0 Å². The number of nitrogens with zero attached hydrogens (tertiary/aromatic N) is 3. The van der Waals surface area contributed by atoms with Gasteiger partial charge in [0.05, 0.1) is 5.52 Å². The number of rotatable bonds is 1. The van der Waals surface area contributed by atoms with Gasteiger partial charge in [-0.2, -0.15) is 5.10 Å². The zero-order chi connectivity index (χ0) is 12.9. The summed E-state index contributed by atoms with van der Waals surface area (Å²) in [6.07, 6.45) is 1.83. The highest BCUT2D eigenvalue weighted by molar-refractivity contribution is 5.83. The molecule has 0 atom stereocenters. The maximum atomic E-state index is 11.4. The molecule has 6 nitrogen and oxygen atoms in total. The van der Waals surface area contributed by atoms with E-state index in [4.69, 9.17) is 10.2 Å². The summed E-state index contributed by atoms with van der Waals surface area (Å²) in [6, 6.07) is 5.52. The van der Waals surface area contributed by atoms with Crippen LogP contribution in [0.25, 0.3) is 22.2 Å². The molecule has 2 heterocycles. The minimum absolute atomic E-state index is 0.374. The van der Waals surface area contributed by atoms with Gasteiger partial charge < -0.3 is 10.2 Å². The van der Waals surface area contributed by atoms with Gasteiger partial charge in [0.2, 0.25) is 0 Å². The summed E-state index contributed by atoms with van der Waals surface area (Å²) in [5.41, 5.74) is 8.83. The molecule has 0 aliphatic rings. The molecule has 0 saturated carbocycles. The predicted molar refractivity (Wildman–Crippen MR) is 68.1 cm³/mol. The minimum Gasteiger partial charge on any atom is -0.408 e. The number of fused-ring (bicyclic) bond motifs is 1. The summed E-state index contributed by atoms with van der Waals surface area (Å²) >= 11 is 0. The molecular formula is C12H12N4O2. The standard InChI is InChI=1S/C12H12N4O2/c1-15-6-8(11(13)14-15)7-3-4-9-10(5-7)18-12(17)16(9)2/h3-6H,1-2H3,(H2,13,14). The normalized spacial score (nSPS) is 11.2. The summed E-state index contributed by atoms with van der Waals surface area (Å²) < 4.78 is 8.26. The Bertz CT molecular complexity index is 794. The van der Waals surface area contributed by atoms with Crippen molar-refractivity contribution < 1.29 is 4.42 Å². The highest BCUT2D eigenvalue weighted by Gasteiger charge is 2.11. The van der Waals surface area contributed by atoms with E-state index in [9.17, 15) is 4.79 Å². The van der Waals surface area contributed by atoms with Crippen LogP contribution in [0.5, 0.6) is 0 Å². The van der Waals surface area contributed by atoms with E-state index in [-0.39, 0.29) is 5.76 Å². The second kappa shape index (κ2) is 3.49. The maximum absolute atomic E-state index is 11.4. The molecule has 3 aromatic rings. The van der Waals surface area contributed by atoms with E-state index in [0.29, 0.717) is 11.4 Å². The molecule has 0 unspecified atom stereocenters. The molecule has 0 spiro atoms. The van der Waals surface area contributed by atoms with Gasteiger partial charge in [-0.15, -0.1) is 0 Å². The van der Waals surface area contributed by atoms with Crippen molar-refractivity contribution in [3.05, 3.63) is 34.9 Å². The summed E-state index contributed by atoms with van der Waals surface area (Å²) in [5, 5.41) is 4.09. The third-order valence-electron chi connectivity index (χ3n) is 2.96. The quantitative estimate of drug-likeness (QED) is 0.695. The zero-order valence-electron chi connectivity index (χ0n) is 10.0. The summed E-state index contributed by atoms with van der Waals surface area (Å²) in [6.45, 7) is 0. The largest absolute Gasteiger partial charge is 0.419 e. The first-order valence-corrected chi connectivity index (χ1v) is 5.45. The van der Waals surface area contributed by atoms with Crippen molar-refractivity contribution in [3.8, 4) is 11.1 Å². The number of hydrogen-bond acceptors (Lipinski definition) is 4. The molecule has 3 rings (SSSR count). The number of hydrogen-bond donors (Lipinski definition) is 1. The Balaban J connectivity index is 2.25. The number of oxazole rings is 1. The SMILES string of the molecule is Cn1cc(-c2ccc3c(c2)oc(=O)n3C)c(N)n1. The topological polar surface area (TPSA) is 79.0 Å². The molecule has 0 fully saturated rings. The van der Waals surface area contributed by atoms with E-state index in [2.05, 4.69) is 5.10 Å². The molecule has 6 heteroatoms. The van der Waals surface area contributed by atoms with Crippen LogP contribution in [0.1, 0.15) is 0 Å². The first-order chi connectivity index (χ1) is 8.56. The van der Waals surface area contributed by atoms with Crippen molar-refractivity contribution in [2.75, 3.05) is 5.73 Å². The summed E-state index contributed by atoms with van der Waals surface area (Å²) in [4.78, 5) is 11.4. The third-order valence-corrected chi connectivity index (χ3v) is 2.96. The Hall–Kier alpha value is -2.50. The molecule has 0 aliphatic carbocycles. The van der Waals surface area contributed by atoms with E-state index < -0.39 is 0 Å². The third kappa shape index (κ3) is 1.42. The van der Waals surface area contributed by atoms with Crippen molar-refractivity contribution >= 4 is 16.9 Å². The Labute approximate surface area is 102 Å². The smallest absolute Gasteiger partial charge is 0.408 e. The molecular weight excluding hydrogens is 232 g/mol. The summed E-state index contributed by atoms with van der Waals surface area (Å²) in [7, 11) is 3.48. The average molecular weight is 244 g/mol. The lowest BCUT2D eigenvalue weighted by molar-refractivity contribution is 0.528. The van der Waals surface area contributed by atoms with E-state index in [1.807, 2.05) is 18.3 Å². The van der Waals surface area contributed by atoms with Crippen molar-refractivity contribution in [2.45, 2.75) is 0 Å². The Kier molecular flexibility index (Phi) is 2.07. The highest BCUT2D eigenvalue weighted by atomic mass is 16.4. The number of aromatic nitrogens is 3. The molecule has 1 aromatic carbocycles. The van der Waals surface area contributed by atoms with Gasteiger partial charge in [-0.05, 0) is 17.7 Å². The van der Waals surface area contributed by atoms with Gasteiger partial charge in [-0.3, -0.25) is 9.25 Å². The molecule has 18 heavy (non-hydrogen) atoms. The number of anilines is 1. The van der Waals surface area contributed by atoms with E-state index >= 15 is 0 Å². The van der Waals surface area contributed by atoms with Gasteiger partial charge in [-0.25, -0.2) is 4.79 Å². The van der Waals surface area contributed by atoms with E-state index in [1.54, 1.807) is 24.8 Å². The van der Waals surface area contributed by atoms with Gasteiger partial charge in [0, 0.05) is 25.9 Å². The van der Waals surface area contributed by atoms with Gasteiger partial charge in [-0.1, -0.05) is 6.07 Å². The Morgan fingerprint density at radius 2 is 2.11 bits per heavy atom. The zero-order valence-corrected chi connectivity index (χ0v) is 10.0. The van der Waals surface area contributed by atoms with Gasteiger partial charge in [0.1, 0.15) is 0 Å². The van der Waals surface area contributed by atoms with Gasteiger partial charge in [0.15, 0.2) is 11.4 Å². The Morgan fingerprint density at radius 1 is 1.33 bits per heavy atom. The second-order valence-electron chi connectivity index (χ2n) is 4.21. The highest BCUT2D eigenvalue weighted by Crippen LogP contribution is 2.27. The van der Waals surface area contributed by atoms with Crippen LogP contribution in [0.15, 0.2) is 33.6 Å². The monoisotopic (exact) mass is 244 g/mol. The van der Waals surface area contributed by atoms with Crippen LogP contribution < -0.4 is 11.5 Å². The van der Waals surface area contributed by atoms with Crippen LogP contribution in [0, 0.1) is 0 Å². The average Bonchev–Trinajstić information content (AvgIpc) is 2.80. The van der Waals surface area contributed by atoms with E-state index in [1.165, 1.54) is 4.57 Å². The fraction of sp³-hybridized carbons (Fsp3) is 0.167. The lowest BCUT2D eigenvalue weighted by Gasteiger charge is -1.98. The minimum atomic E-state index is -0.374. The number of aryl methyl sites for hydroxylation is 2. The molecule has 0 saturated heterocycles. The van der Waals surface area contributed by atoms with Gasteiger partial charge >= 0.3 is 5.76 Å². The fourth-order valence-corrected chi connectivity index (χ4v) is 2.03. The van der Waals surface area contributed by atoms with Crippen LogP contribution >= 0.6 is 0 Å². The lowest BCUT2D eigenvalue weighted by Crippen LogP contribution is -2.08. The van der Waals surface area contributed by atoms with Crippen molar-refractivity contribution in [2.24, 2.45) is 14.1 Å². The maximum Gasteiger partial charge on any atom is 0.419 e. The van der Waals surface area contributed by atoms with E-state index in [0.717, 1.165) is 16.6 Å². The summed E-state index contributed by atoms with van der Waals surface area (Å²) in [5.74, 6) is 0.0800. The first-order valence-electron chi connectivity index (χ1n) is 5.45. The van der Waals surface area contributed by atoms with Crippen molar-refractivity contribution in [1.29, 1.82) is 0 Å². The predicted octanol–water partition coefficient (Wildman–Crippen LogP) is 1.11. The lowest BCUT2D eigenvalue weighted by atomic mass is 10.1. The molecule has 0 aliphatic heterocycles. The molecule has 2 aromatic heterocycles. The molecule has 2 N–H and O–H groups in total. The number of benzene rings is 1. The van der Waals surface area contributed by atoms with Crippen LogP contribution in [0.3, 0.4) is 0 Å². The molecule has 0 amide bonds. The first kappa shape index (κ1) is 10.6. The second-order valence-corrected chi connectivity index (χ2v) is 4.21. The number of nitrogens with two attached hydrogens (primary N) is 1. The Morgan fingerprint density at radius 3 is 2.78 bits per heavy atom. The molecule has 0 bridgehead atoms. The van der Waals surface area contributed by atoms with Crippen LogP contribution in [-0.4, -0.2) is 14.3 Å². The number of nitrogen functional groups attached to an aromatic ring is 1. The van der Waals surface area contributed by atoms with Crippen molar-refractivity contribution in [1.82, 2.24) is 14.3 Å². The van der Waals surface area contributed by atoms with Crippen LogP contribution in [-0.2, 0) is 14.1 Å².